The number of nitrogens with one attached hydrogen (secondary N) is 1. The maximum Gasteiger partial charge on any atom is 0.269 e. The van der Waals surface area contributed by atoms with Crippen LogP contribution in [0.2, 0.25) is 0 Å². The molecule has 1 aromatic rings. The summed E-state index contributed by atoms with van der Waals surface area (Å²) < 4.78 is 5.25. The van der Waals surface area contributed by atoms with Crippen molar-refractivity contribution in [3.8, 4) is 0 Å². The van der Waals surface area contributed by atoms with E-state index in [0.29, 0.717) is 19.8 Å². The van der Waals surface area contributed by atoms with Crippen LogP contribution in [-0.4, -0.2) is 71.6 Å². The molecule has 1 amide bonds. The Labute approximate surface area is 150 Å². The molecule has 1 heterocycles. The van der Waals surface area contributed by atoms with Crippen molar-refractivity contribution >= 4 is 23.4 Å². The van der Waals surface area contributed by atoms with Crippen molar-refractivity contribution in [2.75, 3.05) is 39.4 Å². The number of hydrogen-bond acceptors (Lipinski definition) is 7. The summed E-state index contributed by atoms with van der Waals surface area (Å²) in [6, 6.07) is 6.08. The van der Waals surface area contributed by atoms with Crippen molar-refractivity contribution in [3.63, 3.8) is 0 Å². The molecule has 8 nitrogen and oxygen atoms in total. The van der Waals surface area contributed by atoms with Gasteiger partial charge in [0.25, 0.3) is 5.69 Å². The summed E-state index contributed by atoms with van der Waals surface area (Å²) in [4.78, 5) is 25.2. The molecule has 1 aromatic carbocycles. The Hall–Kier alpha value is -1.68. The van der Waals surface area contributed by atoms with E-state index < -0.39 is 11.0 Å². The largest absolute Gasteiger partial charge is 0.390 e. The molecule has 0 unspecified atom stereocenters. The lowest BCUT2D eigenvalue weighted by Crippen LogP contribution is -2.45. The van der Waals surface area contributed by atoms with E-state index in [2.05, 4.69) is 10.2 Å². The van der Waals surface area contributed by atoms with Gasteiger partial charge >= 0.3 is 0 Å². The fourth-order valence-corrected chi connectivity index (χ4v) is 3.30. The lowest BCUT2D eigenvalue weighted by Gasteiger charge is -2.28. The van der Waals surface area contributed by atoms with Gasteiger partial charge < -0.3 is 15.2 Å². The number of non-ortho nitro benzene ring substituents is 1. The van der Waals surface area contributed by atoms with Gasteiger partial charge in [0.2, 0.25) is 5.91 Å². The van der Waals surface area contributed by atoms with Crippen molar-refractivity contribution in [2.45, 2.75) is 23.2 Å². The Morgan fingerprint density at radius 3 is 2.64 bits per heavy atom. The third-order valence-corrected chi connectivity index (χ3v) is 4.93. The number of thioether (sulfide) groups is 1. The van der Waals surface area contributed by atoms with Crippen molar-refractivity contribution in [3.05, 3.63) is 34.4 Å². The third kappa shape index (κ3) is 6.62. The van der Waals surface area contributed by atoms with E-state index >= 15 is 0 Å². The quantitative estimate of drug-likeness (QED) is 0.398. The average molecular weight is 369 g/mol. The molecule has 0 spiro atoms. The van der Waals surface area contributed by atoms with Gasteiger partial charge in [0.05, 0.1) is 29.5 Å². The highest BCUT2D eigenvalue weighted by molar-refractivity contribution is 8.00. The highest BCUT2D eigenvalue weighted by atomic mass is 32.2. The van der Waals surface area contributed by atoms with Crippen LogP contribution in [0.25, 0.3) is 0 Å². The maximum atomic E-state index is 12.1. The molecule has 0 bridgehead atoms. The molecule has 9 heteroatoms. The molecule has 2 rings (SSSR count). The molecule has 0 aromatic heterocycles. The van der Waals surface area contributed by atoms with Crippen LogP contribution < -0.4 is 5.32 Å². The van der Waals surface area contributed by atoms with E-state index in [0.717, 1.165) is 18.0 Å². The van der Waals surface area contributed by atoms with E-state index in [-0.39, 0.29) is 23.4 Å². The zero-order chi connectivity index (χ0) is 18.2. The predicted molar refractivity (Wildman–Crippen MR) is 94.7 cm³/mol. The van der Waals surface area contributed by atoms with Crippen LogP contribution in [0.4, 0.5) is 5.69 Å². The summed E-state index contributed by atoms with van der Waals surface area (Å²) >= 11 is 1.32. The van der Waals surface area contributed by atoms with Gasteiger partial charge in [-0.2, -0.15) is 0 Å². The molecule has 0 saturated carbocycles. The number of ether oxygens (including phenoxy) is 1. The second-order valence-corrected chi connectivity index (χ2v) is 7.24. The molecule has 0 radical (unpaired) electrons. The van der Waals surface area contributed by atoms with Crippen molar-refractivity contribution in [2.24, 2.45) is 0 Å². The smallest absolute Gasteiger partial charge is 0.269 e. The number of morpholine rings is 1. The van der Waals surface area contributed by atoms with Gasteiger partial charge in [-0.05, 0) is 19.1 Å². The van der Waals surface area contributed by atoms with Gasteiger partial charge in [0, 0.05) is 43.2 Å². The molecule has 1 saturated heterocycles. The van der Waals surface area contributed by atoms with Crippen molar-refractivity contribution < 1.29 is 19.6 Å². The number of carbonyl (C=O) groups excluding carboxylic acids is 1. The van der Waals surface area contributed by atoms with Gasteiger partial charge in [-0.3, -0.25) is 19.8 Å². The number of carbonyl (C=O) groups is 1. The Morgan fingerprint density at radius 1 is 1.40 bits per heavy atom. The minimum atomic E-state index is -0.626. The molecular weight excluding hydrogens is 346 g/mol. The van der Waals surface area contributed by atoms with E-state index in [4.69, 9.17) is 4.74 Å². The topological polar surface area (TPSA) is 105 Å². The SMILES string of the molecule is C[C@@H](Sc1ccc([N+](=O)[O-])cc1)C(=O)NC[C@H](O)CN1CCOCC1. The Balaban J connectivity index is 1.72. The normalized spacial score (nSPS) is 17.7. The van der Waals surface area contributed by atoms with Gasteiger partial charge in [-0.25, -0.2) is 0 Å². The van der Waals surface area contributed by atoms with Crippen molar-refractivity contribution in [1.29, 1.82) is 0 Å². The zero-order valence-corrected chi connectivity index (χ0v) is 14.9. The molecule has 1 aliphatic heterocycles. The van der Waals surface area contributed by atoms with E-state index in [9.17, 15) is 20.0 Å². The van der Waals surface area contributed by atoms with E-state index in [1.165, 1.54) is 23.9 Å². The van der Waals surface area contributed by atoms with Crippen LogP contribution in [0.3, 0.4) is 0 Å². The fraction of sp³-hybridized carbons (Fsp3) is 0.562. The second kappa shape index (κ2) is 9.71. The number of hydrogen-bond donors (Lipinski definition) is 2. The first kappa shape index (κ1) is 19.6. The standard InChI is InChI=1S/C16H23N3O5S/c1-12(25-15-4-2-13(3-5-15)19(22)23)16(21)17-10-14(20)11-18-6-8-24-9-7-18/h2-5,12,14,20H,6-11H2,1H3,(H,17,21)/t12-,14+/m1/s1. The van der Waals surface area contributed by atoms with Crippen molar-refractivity contribution in [1.82, 2.24) is 10.2 Å². The minimum absolute atomic E-state index is 0.0210. The van der Waals surface area contributed by atoms with E-state index in [1.807, 2.05) is 0 Å². The van der Waals surface area contributed by atoms with Gasteiger partial charge in [0.1, 0.15) is 0 Å². The third-order valence-electron chi connectivity index (χ3n) is 3.81. The Kier molecular flexibility index (Phi) is 7.63. The van der Waals surface area contributed by atoms with Gasteiger partial charge in [-0.1, -0.05) is 0 Å². The van der Waals surface area contributed by atoms with Crippen LogP contribution in [-0.2, 0) is 9.53 Å². The first-order valence-electron chi connectivity index (χ1n) is 8.12. The molecule has 1 aliphatic rings. The summed E-state index contributed by atoms with van der Waals surface area (Å²) in [6.45, 7) is 5.38. The average Bonchev–Trinajstić information content (AvgIpc) is 2.61. The van der Waals surface area contributed by atoms with Crippen LogP contribution in [0.15, 0.2) is 29.2 Å². The Morgan fingerprint density at radius 2 is 2.04 bits per heavy atom. The molecule has 138 valence electrons. The zero-order valence-electron chi connectivity index (χ0n) is 14.1. The highest BCUT2D eigenvalue weighted by Crippen LogP contribution is 2.25. The summed E-state index contributed by atoms with van der Waals surface area (Å²) in [5.41, 5.74) is 0.0210. The minimum Gasteiger partial charge on any atom is -0.390 e. The molecule has 25 heavy (non-hydrogen) atoms. The number of aliphatic hydroxyl groups excluding tert-OH is 1. The lowest BCUT2D eigenvalue weighted by molar-refractivity contribution is -0.384. The first-order valence-corrected chi connectivity index (χ1v) is 9.00. The predicted octanol–water partition coefficient (Wildman–Crippen LogP) is 0.885. The van der Waals surface area contributed by atoms with Crippen LogP contribution >= 0.6 is 11.8 Å². The Bertz CT molecular complexity index is 578. The number of benzene rings is 1. The van der Waals surface area contributed by atoms with Crippen LogP contribution in [0, 0.1) is 10.1 Å². The van der Waals surface area contributed by atoms with Gasteiger partial charge in [-0.15, -0.1) is 11.8 Å². The lowest BCUT2D eigenvalue weighted by atomic mass is 10.3. The van der Waals surface area contributed by atoms with Gasteiger partial charge in [0.15, 0.2) is 0 Å². The second-order valence-electron chi connectivity index (χ2n) is 5.82. The van der Waals surface area contributed by atoms with E-state index in [1.54, 1.807) is 19.1 Å². The summed E-state index contributed by atoms with van der Waals surface area (Å²) in [5.74, 6) is -0.176. The van der Waals surface area contributed by atoms with Crippen LogP contribution in [0.5, 0.6) is 0 Å². The number of nitro groups is 1. The monoisotopic (exact) mass is 369 g/mol. The fourth-order valence-electron chi connectivity index (χ4n) is 2.41. The summed E-state index contributed by atoms with van der Waals surface area (Å²) in [7, 11) is 0. The maximum absolute atomic E-state index is 12.1. The highest BCUT2D eigenvalue weighted by Gasteiger charge is 2.18. The number of rotatable bonds is 8. The first-order chi connectivity index (χ1) is 12.0. The number of nitrogens with zero attached hydrogens (tertiary/aromatic N) is 2. The molecular formula is C16H23N3O5S. The molecule has 1 fully saturated rings. The summed E-state index contributed by atoms with van der Waals surface area (Å²) in [6.07, 6.45) is -0.626. The number of aliphatic hydroxyl groups is 1. The number of β-amino-alcohol motifs (C(OH)–C–C–N with tert-alkyl or cyclic N) is 1. The number of nitro benzene ring substituents is 1. The summed E-state index contributed by atoms with van der Waals surface area (Å²) in [5, 5.41) is 23.1. The van der Waals surface area contributed by atoms with Crippen LogP contribution in [0.1, 0.15) is 6.92 Å². The molecule has 2 atom stereocenters. The number of amides is 1. The molecule has 2 N–H and O–H groups in total. The molecule has 0 aliphatic carbocycles.